The third kappa shape index (κ3) is 7.24. The molecule has 1 aliphatic rings. The Hall–Kier alpha value is -1.35. The zero-order chi connectivity index (χ0) is 20.4. The molecule has 1 aliphatic carbocycles. The summed E-state index contributed by atoms with van der Waals surface area (Å²) in [6.45, 7) is 8.89. The van der Waals surface area contributed by atoms with Crippen molar-refractivity contribution in [3.05, 3.63) is 35.4 Å². The van der Waals surface area contributed by atoms with Gasteiger partial charge in [0.2, 0.25) is 0 Å². The maximum Gasteiger partial charge on any atom is 0.338 e. The minimum atomic E-state index is -0.259. The van der Waals surface area contributed by atoms with Gasteiger partial charge in [-0.1, -0.05) is 51.7 Å². The van der Waals surface area contributed by atoms with Crippen molar-refractivity contribution in [3.63, 3.8) is 0 Å². The first-order chi connectivity index (χ1) is 13.5. The number of hydrogen-bond acceptors (Lipinski definition) is 3. The van der Waals surface area contributed by atoms with Crippen molar-refractivity contribution in [3.8, 4) is 0 Å². The first-order valence-corrected chi connectivity index (χ1v) is 11.5. The molecule has 0 radical (unpaired) electrons. The molecular weight excluding hydrogens is 348 g/mol. The third-order valence-corrected chi connectivity index (χ3v) is 6.22. The van der Waals surface area contributed by atoms with Gasteiger partial charge in [-0.3, -0.25) is 0 Å². The number of rotatable bonds is 11. The highest BCUT2D eigenvalue weighted by molar-refractivity contribution is 5.89. The van der Waals surface area contributed by atoms with Crippen LogP contribution in [-0.4, -0.2) is 24.8 Å². The second kappa shape index (κ2) is 12.3. The molecule has 2 atom stereocenters. The fourth-order valence-corrected chi connectivity index (χ4v) is 4.13. The van der Waals surface area contributed by atoms with E-state index in [0.717, 1.165) is 12.3 Å². The second-order valence-corrected chi connectivity index (χ2v) is 8.52. The molecule has 28 heavy (non-hydrogen) atoms. The summed E-state index contributed by atoms with van der Waals surface area (Å²) in [5.41, 5.74) is 2.00. The van der Waals surface area contributed by atoms with Crippen LogP contribution >= 0.6 is 0 Å². The van der Waals surface area contributed by atoms with Gasteiger partial charge < -0.3 is 9.47 Å². The highest BCUT2D eigenvalue weighted by atomic mass is 16.6. The first kappa shape index (κ1) is 22.9. The first-order valence-electron chi connectivity index (χ1n) is 11.5. The van der Waals surface area contributed by atoms with Crippen LogP contribution in [0.1, 0.15) is 107 Å². The van der Waals surface area contributed by atoms with Crippen molar-refractivity contribution in [2.24, 2.45) is 5.92 Å². The summed E-state index contributed by atoms with van der Waals surface area (Å²) < 4.78 is 11.2. The Morgan fingerprint density at radius 3 is 2.25 bits per heavy atom. The SMILES string of the molecule is CCCCCC1CCC(c2ccc(C(=O)OC(C)C(C)OCCC)cc2)CC1. The molecule has 3 heteroatoms. The third-order valence-electron chi connectivity index (χ3n) is 6.22. The maximum absolute atomic E-state index is 12.4. The Morgan fingerprint density at radius 2 is 1.64 bits per heavy atom. The van der Waals surface area contributed by atoms with Crippen LogP contribution in [-0.2, 0) is 9.47 Å². The summed E-state index contributed by atoms with van der Waals surface area (Å²) >= 11 is 0. The Kier molecular flexibility index (Phi) is 10.0. The molecule has 1 aromatic rings. The molecule has 158 valence electrons. The highest BCUT2D eigenvalue weighted by Crippen LogP contribution is 2.37. The van der Waals surface area contributed by atoms with Crippen molar-refractivity contribution in [2.75, 3.05) is 6.61 Å². The van der Waals surface area contributed by atoms with Gasteiger partial charge in [0.15, 0.2) is 0 Å². The van der Waals surface area contributed by atoms with Crippen molar-refractivity contribution in [1.29, 1.82) is 0 Å². The van der Waals surface area contributed by atoms with E-state index in [2.05, 4.69) is 26.0 Å². The largest absolute Gasteiger partial charge is 0.456 e. The van der Waals surface area contributed by atoms with Crippen LogP contribution in [0.25, 0.3) is 0 Å². The number of carbonyl (C=O) groups is 1. The molecule has 0 spiro atoms. The number of benzene rings is 1. The van der Waals surface area contributed by atoms with Crippen molar-refractivity contribution < 1.29 is 14.3 Å². The number of carbonyl (C=O) groups excluding carboxylic acids is 1. The van der Waals surface area contributed by atoms with Crippen LogP contribution in [0.15, 0.2) is 24.3 Å². The van der Waals surface area contributed by atoms with Crippen LogP contribution < -0.4 is 0 Å². The van der Waals surface area contributed by atoms with Gasteiger partial charge in [0, 0.05) is 6.61 Å². The topological polar surface area (TPSA) is 35.5 Å². The predicted molar refractivity (Wildman–Crippen MR) is 116 cm³/mol. The Labute approximate surface area is 172 Å². The lowest BCUT2D eigenvalue weighted by atomic mass is 9.77. The van der Waals surface area contributed by atoms with Gasteiger partial charge in [-0.15, -0.1) is 0 Å². The zero-order valence-corrected chi connectivity index (χ0v) is 18.4. The smallest absolute Gasteiger partial charge is 0.338 e. The Bertz CT molecular complexity index is 558. The summed E-state index contributed by atoms with van der Waals surface area (Å²) in [6, 6.07) is 8.10. The van der Waals surface area contributed by atoms with Gasteiger partial charge in [-0.25, -0.2) is 4.79 Å². The van der Waals surface area contributed by atoms with Crippen molar-refractivity contribution >= 4 is 5.97 Å². The maximum atomic E-state index is 12.4. The lowest BCUT2D eigenvalue weighted by molar-refractivity contribution is -0.0376. The lowest BCUT2D eigenvalue weighted by Gasteiger charge is -2.29. The van der Waals surface area contributed by atoms with E-state index in [1.165, 1.54) is 56.9 Å². The summed E-state index contributed by atoms with van der Waals surface area (Å²) in [5.74, 6) is 1.31. The average Bonchev–Trinajstić information content (AvgIpc) is 2.72. The van der Waals surface area contributed by atoms with Crippen LogP contribution in [0, 0.1) is 5.92 Å². The molecule has 0 aromatic heterocycles. The molecule has 2 rings (SSSR count). The van der Waals surface area contributed by atoms with Crippen molar-refractivity contribution in [2.45, 2.75) is 104 Å². The summed E-state index contributed by atoms with van der Waals surface area (Å²) in [4.78, 5) is 12.4. The van der Waals surface area contributed by atoms with Crippen LogP contribution in [0.3, 0.4) is 0 Å². The minimum Gasteiger partial charge on any atom is -0.456 e. The normalized spacial score (nSPS) is 21.9. The van der Waals surface area contributed by atoms with Gasteiger partial charge in [-0.2, -0.15) is 0 Å². The number of ether oxygens (including phenoxy) is 2. The molecule has 2 unspecified atom stereocenters. The minimum absolute atomic E-state index is 0.0873. The number of esters is 1. The molecule has 3 nitrogen and oxygen atoms in total. The monoisotopic (exact) mass is 388 g/mol. The van der Waals surface area contributed by atoms with E-state index in [0.29, 0.717) is 18.1 Å². The van der Waals surface area contributed by atoms with Crippen LogP contribution in [0.4, 0.5) is 0 Å². The summed E-state index contributed by atoms with van der Waals surface area (Å²) in [7, 11) is 0. The molecule has 0 saturated heterocycles. The Morgan fingerprint density at radius 1 is 0.964 bits per heavy atom. The molecular formula is C25H40O3. The number of unbranched alkanes of at least 4 members (excludes halogenated alkanes) is 2. The second-order valence-electron chi connectivity index (χ2n) is 8.52. The molecule has 0 bridgehead atoms. The predicted octanol–water partition coefficient (Wildman–Crippen LogP) is 6.90. The lowest BCUT2D eigenvalue weighted by Crippen LogP contribution is -2.29. The molecule has 1 saturated carbocycles. The fraction of sp³-hybridized carbons (Fsp3) is 0.720. The van der Waals surface area contributed by atoms with Gasteiger partial charge in [0.25, 0.3) is 0 Å². The molecule has 0 amide bonds. The zero-order valence-electron chi connectivity index (χ0n) is 18.4. The van der Waals surface area contributed by atoms with E-state index in [1.807, 2.05) is 26.0 Å². The summed E-state index contributed by atoms with van der Waals surface area (Å²) in [6.07, 6.45) is 11.4. The van der Waals surface area contributed by atoms with E-state index in [4.69, 9.17) is 9.47 Å². The standard InChI is InChI=1S/C25H40O3/c1-5-7-8-9-21-10-12-22(13-11-21)23-14-16-24(17-15-23)25(26)28-20(4)19(3)27-18-6-2/h14-17,19-22H,5-13,18H2,1-4H3. The molecule has 1 fully saturated rings. The molecule has 0 heterocycles. The quantitative estimate of drug-likeness (QED) is 0.305. The number of hydrogen-bond donors (Lipinski definition) is 0. The fourth-order valence-electron chi connectivity index (χ4n) is 4.13. The molecule has 1 aromatic carbocycles. The van der Waals surface area contributed by atoms with E-state index < -0.39 is 0 Å². The average molecular weight is 389 g/mol. The van der Waals surface area contributed by atoms with Crippen LogP contribution in [0.5, 0.6) is 0 Å². The van der Waals surface area contributed by atoms with Crippen molar-refractivity contribution in [1.82, 2.24) is 0 Å². The molecule has 0 aliphatic heterocycles. The van der Waals surface area contributed by atoms with E-state index >= 15 is 0 Å². The highest BCUT2D eigenvalue weighted by Gasteiger charge is 2.23. The Balaban J connectivity index is 1.80. The van der Waals surface area contributed by atoms with Gasteiger partial charge >= 0.3 is 5.97 Å². The van der Waals surface area contributed by atoms with E-state index in [9.17, 15) is 4.79 Å². The van der Waals surface area contributed by atoms with Gasteiger partial charge in [0.1, 0.15) is 6.10 Å². The van der Waals surface area contributed by atoms with Crippen LogP contribution in [0.2, 0.25) is 0 Å². The van der Waals surface area contributed by atoms with Gasteiger partial charge in [0.05, 0.1) is 11.7 Å². The van der Waals surface area contributed by atoms with E-state index in [-0.39, 0.29) is 18.2 Å². The van der Waals surface area contributed by atoms with Gasteiger partial charge in [-0.05, 0) is 75.5 Å². The molecule has 0 N–H and O–H groups in total. The van der Waals surface area contributed by atoms with E-state index in [1.54, 1.807) is 0 Å². The summed E-state index contributed by atoms with van der Waals surface area (Å²) in [5, 5.41) is 0.